The number of carboxylic acids is 1. The van der Waals surface area contributed by atoms with E-state index in [0.29, 0.717) is 38.0 Å². The van der Waals surface area contributed by atoms with E-state index in [1.54, 1.807) is 29.2 Å². The van der Waals surface area contributed by atoms with Crippen LogP contribution in [0.25, 0.3) is 0 Å². The number of hydrogen-bond donors (Lipinski definition) is 2. The van der Waals surface area contributed by atoms with Crippen LogP contribution in [0.2, 0.25) is 0 Å². The Kier molecular flexibility index (Phi) is 6.52. The van der Waals surface area contributed by atoms with Crippen molar-refractivity contribution < 1.29 is 24.2 Å². The van der Waals surface area contributed by atoms with Gasteiger partial charge in [0.15, 0.2) is 6.10 Å². The van der Waals surface area contributed by atoms with Gasteiger partial charge in [0.1, 0.15) is 6.10 Å². The molecule has 0 unspecified atom stereocenters. The maximum absolute atomic E-state index is 12.2. The van der Waals surface area contributed by atoms with Crippen LogP contribution in [-0.4, -0.2) is 53.1 Å². The van der Waals surface area contributed by atoms with Gasteiger partial charge in [0.25, 0.3) is 5.91 Å². The second-order valence-corrected chi connectivity index (χ2v) is 5.92. The summed E-state index contributed by atoms with van der Waals surface area (Å²) in [5, 5.41) is 11.6. The lowest BCUT2D eigenvalue weighted by atomic mass is 10.1. The van der Waals surface area contributed by atoms with Crippen LogP contribution in [0.15, 0.2) is 24.3 Å². The van der Waals surface area contributed by atoms with E-state index in [4.69, 9.17) is 9.84 Å². The lowest BCUT2D eigenvalue weighted by Gasteiger charge is -2.18. The van der Waals surface area contributed by atoms with E-state index >= 15 is 0 Å². The van der Waals surface area contributed by atoms with E-state index in [0.717, 1.165) is 5.56 Å². The molecule has 7 heteroatoms. The van der Waals surface area contributed by atoms with Crippen LogP contribution < -0.4 is 5.32 Å². The standard InChI is InChI=1S/C18H24N2O5/c1-3-20(4-2)17(22)13-7-5-12(6-8-13)11-19-16(21)14-9-10-15(25-14)18(23)24/h5-8,14-15H,3-4,9-11H2,1-2H3,(H,19,21)(H,23,24)/t14-,15+/m0/s1. The smallest absolute Gasteiger partial charge is 0.332 e. The highest BCUT2D eigenvalue weighted by atomic mass is 16.5. The summed E-state index contributed by atoms with van der Waals surface area (Å²) in [5.41, 5.74) is 1.47. The molecule has 1 aliphatic heterocycles. The molecule has 25 heavy (non-hydrogen) atoms. The molecule has 1 aromatic carbocycles. The molecule has 0 spiro atoms. The number of amides is 2. The van der Waals surface area contributed by atoms with Crippen molar-refractivity contribution in [3.05, 3.63) is 35.4 Å². The minimum absolute atomic E-state index is 0.0142. The zero-order valence-corrected chi connectivity index (χ0v) is 14.5. The van der Waals surface area contributed by atoms with E-state index in [1.807, 2.05) is 13.8 Å². The molecule has 0 radical (unpaired) electrons. The Labute approximate surface area is 147 Å². The van der Waals surface area contributed by atoms with Gasteiger partial charge in [-0.15, -0.1) is 0 Å². The number of carbonyl (C=O) groups excluding carboxylic acids is 2. The minimum atomic E-state index is -1.04. The van der Waals surface area contributed by atoms with Gasteiger partial charge in [0.05, 0.1) is 0 Å². The van der Waals surface area contributed by atoms with Crippen molar-refractivity contribution >= 4 is 17.8 Å². The molecule has 0 aromatic heterocycles. The highest BCUT2D eigenvalue weighted by Crippen LogP contribution is 2.20. The molecule has 1 aliphatic rings. The summed E-state index contributed by atoms with van der Waals surface area (Å²) in [6, 6.07) is 7.09. The average Bonchev–Trinajstić information content (AvgIpc) is 3.11. The number of hydrogen-bond acceptors (Lipinski definition) is 4. The summed E-state index contributed by atoms with van der Waals surface area (Å²) >= 11 is 0. The van der Waals surface area contributed by atoms with E-state index in [-0.39, 0.29) is 11.8 Å². The zero-order valence-electron chi connectivity index (χ0n) is 14.5. The molecule has 2 N–H and O–H groups in total. The molecule has 1 heterocycles. The predicted molar refractivity (Wildman–Crippen MR) is 91.1 cm³/mol. The molecule has 2 atom stereocenters. The number of carboxylic acid groups (broad SMARTS) is 1. The van der Waals surface area contributed by atoms with Crippen LogP contribution in [0.4, 0.5) is 0 Å². The number of carbonyl (C=O) groups is 3. The quantitative estimate of drug-likeness (QED) is 0.777. The van der Waals surface area contributed by atoms with Crippen molar-refractivity contribution in [3.63, 3.8) is 0 Å². The first-order valence-electron chi connectivity index (χ1n) is 8.50. The van der Waals surface area contributed by atoms with Crippen molar-refractivity contribution in [3.8, 4) is 0 Å². The van der Waals surface area contributed by atoms with Crippen molar-refractivity contribution in [2.45, 2.75) is 45.4 Å². The van der Waals surface area contributed by atoms with Gasteiger partial charge in [-0.05, 0) is 44.4 Å². The Balaban J connectivity index is 1.86. The van der Waals surface area contributed by atoms with Gasteiger partial charge in [0.2, 0.25) is 5.91 Å². The second kappa shape index (κ2) is 8.62. The first-order chi connectivity index (χ1) is 12.0. The average molecular weight is 348 g/mol. The molecule has 2 amide bonds. The summed E-state index contributed by atoms with van der Waals surface area (Å²) in [7, 11) is 0. The fourth-order valence-electron chi connectivity index (χ4n) is 2.77. The molecule has 1 fully saturated rings. The Morgan fingerprint density at radius 3 is 2.24 bits per heavy atom. The second-order valence-electron chi connectivity index (χ2n) is 5.92. The summed E-state index contributed by atoms with van der Waals surface area (Å²) in [6.07, 6.45) is -0.874. The minimum Gasteiger partial charge on any atom is -0.479 e. The van der Waals surface area contributed by atoms with Crippen molar-refractivity contribution in [2.75, 3.05) is 13.1 Å². The summed E-state index contributed by atoms with van der Waals surface area (Å²) in [6.45, 7) is 5.49. The largest absolute Gasteiger partial charge is 0.479 e. The maximum Gasteiger partial charge on any atom is 0.332 e. The van der Waals surface area contributed by atoms with Crippen molar-refractivity contribution in [2.24, 2.45) is 0 Å². The third kappa shape index (κ3) is 4.79. The molecular weight excluding hydrogens is 324 g/mol. The summed E-state index contributed by atoms with van der Waals surface area (Å²) < 4.78 is 5.21. The molecular formula is C18H24N2O5. The number of nitrogens with one attached hydrogen (secondary N) is 1. The molecule has 0 bridgehead atoms. The normalized spacial score (nSPS) is 19.4. The number of nitrogens with zero attached hydrogens (tertiary/aromatic N) is 1. The zero-order chi connectivity index (χ0) is 18.4. The Bertz CT molecular complexity index is 625. The Hall–Kier alpha value is -2.41. The lowest BCUT2D eigenvalue weighted by Crippen LogP contribution is -2.35. The lowest BCUT2D eigenvalue weighted by molar-refractivity contribution is -0.151. The molecule has 136 valence electrons. The van der Waals surface area contributed by atoms with E-state index in [1.165, 1.54) is 0 Å². The highest BCUT2D eigenvalue weighted by Gasteiger charge is 2.34. The van der Waals surface area contributed by atoms with Crippen LogP contribution in [0.3, 0.4) is 0 Å². The number of ether oxygens (including phenoxy) is 1. The topological polar surface area (TPSA) is 95.9 Å². The molecule has 1 saturated heterocycles. The van der Waals surface area contributed by atoms with Gasteiger partial charge in [0, 0.05) is 25.2 Å². The third-order valence-corrected chi connectivity index (χ3v) is 4.31. The fourth-order valence-corrected chi connectivity index (χ4v) is 2.77. The van der Waals surface area contributed by atoms with Crippen molar-refractivity contribution in [1.29, 1.82) is 0 Å². The van der Waals surface area contributed by atoms with E-state index in [9.17, 15) is 14.4 Å². The monoisotopic (exact) mass is 348 g/mol. The van der Waals surface area contributed by atoms with Crippen LogP contribution in [0, 0.1) is 0 Å². The number of rotatable bonds is 7. The van der Waals surface area contributed by atoms with Gasteiger partial charge in [-0.3, -0.25) is 9.59 Å². The van der Waals surface area contributed by atoms with Crippen molar-refractivity contribution in [1.82, 2.24) is 10.2 Å². The van der Waals surface area contributed by atoms with Crippen LogP contribution in [0.1, 0.15) is 42.6 Å². The molecule has 7 nitrogen and oxygen atoms in total. The van der Waals surface area contributed by atoms with Crippen LogP contribution in [0.5, 0.6) is 0 Å². The highest BCUT2D eigenvalue weighted by molar-refractivity contribution is 5.94. The predicted octanol–water partition coefficient (Wildman–Crippen LogP) is 1.42. The van der Waals surface area contributed by atoms with Gasteiger partial charge in [-0.1, -0.05) is 12.1 Å². The summed E-state index contributed by atoms with van der Waals surface area (Å²) in [4.78, 5) is 36.9. The fraction of sp³-hybridized carbons (Fsp3) is 0.500. The van der Waals surface area contributed by atoms with Gasteiger partial charge < -0.3 is 20.1 Å². The number of benzene rings is 1. The molecule has 2 rings (SSSR count). The Morgan fingerprint density at radius 1 is 1.12 bits per heavy atom. The van der Waals surface area contributed by atoms with Crippen LogP contribution >= 0.6 is 0 Å². The number of aliphatic carboxylic acids is 1. The van der Waals surface area contributed by atoms with E-state index < -0.39 is 18.2 Å². The summed E-state index contributed by atoms with van der Waals surface area (Å²) in [5.74, 6) is -1.37. The Morgan fingerprint density at radius 2 is 1.72 bits per heavy atom. The SMILES string of the molecule is CCN(CC)C(=O)c1ccc(CNC(=O)[C@@H]2CC[C@H](C(=O)O)O2)cc1. The maximum atomic E-state index is 12.2. The van der Waals surface area contributed by atoms with E-state index in [2.05, 4.69) is 5.32 Å². The molecule has 0 aliphatic carbocycles. The third-order valence-electron chi connectivity index (χ3n) is 4.31. The molecule has 1 aromatic rings. The van der Waals surface area contributed by atoms with Gasteiger partial charge in [-0.2, -0.15) is 0 Å². The van der Waals surface area contributed by atoms with Gasteiger partial charge in [-0.25, -0.2) is 4.79 Å². The van der Waals surface area contributed by atoms with Crippen LogP contribution in [-0.2, 0) is 20.9 Å². The first-order valence-corrected chi connectivity index (χ1v) is 8.50. The first kappa shape index (κ1) is 18.9. The van der Waals surface area contributed by atoms with Gasteiger partial charge >= 0.3 is 5.97 Å². The molecule has 0 saturated carbocycles.